The molecule has 5 aromatic rings. The van der Waals surface area contributed by atoms with E-state index in [1.54, 1.807) is 0 Å². The summed E-state index contributed by atoms with van der Waals surface area (Å²) in [7, 11) is 0. The van der Waals surface area contributed by atoms with Crippen molar-refractivity contribution in [2.24, 2.45) is 0 Å². The van der Waals surface area contributed by atoms with Gasteiger partial charge in [-0.3, -0.25) is 4.98 Å². The molecule has 2 aromatic heterocycles. The second kappa shape index (κ2) is 5.40. The molecule has 1 nitrogen and oxygen atoms in total. The minimum Gasteiger partial charge on any atom is -0.256 e. The van der Waals surface area contributed by atoms with Crippen LogP contribution in [0.5, 0.6) is 0 Å². The highest BCUT2D eigenvalue weighted by atomic mass is 32.1. The lowest BCUT2D eigenvalue weighted by Gasteiger charge is -2.02. The smallest absolute Gasteiger partial charge is 0.0716 e. The second-order valence-corrected chi connectivity index (χ2v) is 7.82. The third-order valence-electron chi connectivity index (χ3n) is 4.82. The first kappa shape index (κ1) is 14.6. The number of aromatic nitrogens is 1. The van der Waals surface area contributed by atoms with E-state index in [-0.39, 0.29) is 0 Å². The van der Waals surface area contributed by atoms with Crippen molar-refractivity contribution in [1.29, 1.82) is 0 Å². The van der Waals surface area contributed by atoms with Crippen molar-refractivity contribution >= 4 is 42.3 Å². The summed E-state index contributed by atoms with van der Waals surface area (Å²) in [6.07, 6.45) is 2.03. The largest absolute Gasteiger partial charge is 0.256 e. The van der Waals surface area contributed by atoms with E-state index in [4.69, 9.17) is 4.98 Å². The lowest BCUT2D eigenvalue weighted by Crippen LogP contribution is -1.83. The first-order chi connectivity index (χ1) is 12.2. The van der Waals surface area contributed by atoms with E-state index in [9.17, 15) is 0 Å². The number of thiophene rings is 1. The fourth-order valence-electron chi connectivity index (χ4n) is 3.42. The highest BCUT2D eigenvalue weighted by Crippen LogP contribution is 2.37. The molecule has 0 saturated heterocycles. The third kappa shape index (κ3) is 2.41. The SMILES string of the molecule is Cc1ccc(-c2cc3sc4cc5cc(C)ccc5cc4c3cn2)cc1. The van der Waals surface area contributed by atoms with Gasteiger partial charge < -0.3 is 0 Å². The Morgan fingerprint density at radius 1 is 0.680 bits per heavy atom. The van der Waals surface area contributed by atoms with Crippen molar-refractivity contribution in [1.82, 2.24) is 4.98 Å². The molecule has 25 heavy (non-hydrogen) atoms. The molecule has 0 fully saturated rings. The quantitative estimate of drug-likeness (QED) is 0.324. The van der Waals surface area contributed by atoms with Crippen LogP contribution >= 0.6 is 11.3 Å². The summed E-state index contributed by atoms with van der Waals surface area (Å²) in [4.78, 5) is 4.73. The molecule has 2 heterocycles. The van der Waals surface area contributed by atoms with Gasteiger partial charge in [-0.15, -0.1) is 11.3 Å². The number of aryl methyl sites for hydroxylation is 2. The normalized spacial score (nSPS) is 11.6. The van der Waals surface area contributed by atoms with Gasteiger partial charge in [-0.05, 0) is 42.8 Å². The van der Waals surface area contributed by atoms with Crippen LogP contribution in [0.3, 0.4) is 0 Å². The van der Waals surface area contributed by atoms with Crippen molar-refractivity contribution in [3.05, 3.63) is 78.0 Å². The average Bonchev–Trinajstić information content (AvgIpc) is 2.97. The van der Waals surface area contributed by atoms with Gasteiger partial charge >= 0.3 is 0 Å². The van der Waals surface area contributed by atoms with Crippen molar-refractivity contribution in [2.75, 3.05) is 0 Å². The Kier molecular flexibility index (Phi) is 3.16. The molecule has 0 N–H and O–H groups in total. The Balaban J connectivity index is 1.75. The molecule has 0 amide bonds. The lowest BCUT2D eigenvalue weighted by molar-refractivity contribution is 1.35. The second-order valence-electron chi connectivity index (χ2n) is 6.73. The van der Waals surface area contributed by atoms with Crippen LogP contribution in [0.4, 0.5) is 0 Å². The minimum atomic E-state index is 1.04. The molecule has 2 heteroatoms. The van der Waals surface area contributed by atoms with E-state index < -0.39 is 0 Å². The topological polar surface area (TPSA) is 12.9 Å². The Hall–Kier alpha value is -2.71. The van der Waals surface area contributed by atoms with Gasteiger partial charge in [0.05, 0.1) is 5.69 Å². The zero-order chi connectivity index (χ0) is 17.0. The van der Waals surface area contributed by atoms with Crippen LogP contribution in [0.1, 0.15) is 11.1 Å². The maximum absolute atomic E-state index is 4.73. The zero-order valence-corrected chi connectivity index (χ0v) is 15.0. The Labute approximate surface area is 150 Å². The van der Waals surface area contributed by atoms with Gasteiger partial charge in [-0.2, -0.15) is 0 Å². The number of rotatable bonds is 1. The Bertz CT molecular complexity index is 1250. The van der Waals surface area contributed by atoms with E-state index >= 15 is 0 Å². The molecule has 0 saturated carbocycles. The number of hydrogen-bond acceptors (Lipinski definition) is 2. The van der Waals surface area contributed by atoms with E-state index in [0.717, 1.165) is 5.69 Å². The van der Waals surface area contributed by atoms with E-state index in [1.807, 2.05) is 17.5 Å². The van der Waals surface area contributed by atoms with Gasteiger partial charge in [0.1, 0.15) is 0 Å². The highest BCUT2D eigenvalue weighted by molar-refractivity contribution is 7.25. The maximum atomic E-state index is 4.73. The molecule has 0 bridgehead atoms. The van der Waals surface area contributed by atoms with Crippen molar-refractivity contribution in [3.63, 3.8) is 0 Å². The number of hydrogen-bond donors (Lipinski definition) is 0. The molecule has 0 aliphatic heterocycles. The highest BCUT2D eigenvalue weighted by Gasteiger charge is 2.09. The molecular formula is C23H17NS. The van der Waals surface area contributed by atoms with E-state index in [0.29, 0.717) is 0 Å². The van der Waals surface area contributed by atoms with Crippen LogP contribution in [0.2, 0.25) is 0 Å². The summed E-state index contributed by atoms with van der Waals surface area (Å²) >= 11 is 1.85. The van der Waals surface area contributed by atoms with Gasteiger partial charge in [0, 0.05) is 31.9 Å². The van der Waals surface area contributed by atoms with Crippen LogP contribution in [0.25, 0.3) is 42.2 Å². The summed E-state index contributed by atoms with van der Waals surface area (Å²) < 4.78 is 2.63. The van der Waals surface area contributed by atoms with Crippen LogP contribution in [0.15, 0.2) is 66.9 Å². The molecule has 0 atom stereocenters. The first-order valence-electron chi connectivity index (χ1n) is 8.47. The standard InChI is InChI=1S/C23H17NS/c1-14-3-6-16(7-4-14)21-12-23-20(13-24-21)19-10-17-8-5-15(2)9-18(17)11-22(19)25-23/h3-13H,1-2H3. The van der Waals surface area contributed by atoms with Gasteiger partial charge in [0.15, 0.2) is 0 Å². The molecule has 0 aliphatic rings. The molecule has 0 unspecified atom stereocenters. The fourth-order valence-corrected chi connectivity index (χ4v) is 4.56. The van der Waals surface area contributed by atoms with Crippen molar-refractivity contribution < 1.29 is 0 Å². The average molecular weight is 339 g/mol. The van der Waals surface area contributed by atoms with Crippen LogP contribution in [-0.2, 0) is 0 Å². The molecule has 0 spiro atoms. The van der Waals surface area contributed by atoms with Gasteiger partial charge in [-0.1, -0.05) is 53.6 Å². The van der Waals surface area contributed by atoms with Gasteiger partial charge in [-0.25, -0.2) is 0 Å². The van der Waals surface area contributed by atoms with Crippen molar-refractivity contribution in [2.45, 2.75) is 13.8 Å². The minimum absolute atomic E-state index is 1.04. The summed E-state index contributed by atoms with van der Waals surface area (Å²) in [5, 5.41) is 5.16. The molecule has 3 aromatic carbocycles. The van der Waals surface area contributed by atoms with Crippen LogP contribution < -0.4 is 0 Å². The van der Waals surface area contributed by atoms with Gasteiger partial charge in [0.2, 0.25) is 0 Å². The molecule has 5 rings (SSSR count). The predicted molar refractivity (Wildman–Crippen MR) is 110 cm³/mol. The van der Waals surface area contributed by atoms with E-state index in [1.165, 1.54) is 47.6 Å². The summed E-state index contributed by atoms with van der Waals surface area (Å²) in [6, 6.07) is 22.1. The predicted octanol–water partition coefficient (Wildman–Crippen LogP) is 6.89. The summed E-state index contributed by atoms with van der Waals surface area (Å²) in [5.74, 6) is 0. The zero-order valence-electron chi connectivity index (χ0n) is 14.2. The molecular weight excluding hydrogens is 322 g/mol. The Morgan fingerprint density at radius 2 is 1.44 bits per heavy atom. The summed E-state index contributed by atoms with van der Waals surface area (Å²) in [6.45, 7) is 4.26. The number of fused-ring (bicyclic) bond motifs is 4. The molecule has 0 aliphatic carbocycles. The van der Waals surface area contributed by atoms with E-state index in [2.05, 4.69) is 74.5 Å². The monoisotopic (exact) mass is 339 g/mol. The third-order valence-corrected chi connectivity index (χ3v) is 5.93. The molecule has 120 valence electrons. The van der Waals surface area contributed by atoms with Gasteiger partial charge in [0.25, 0.3) is 0 Å². The number of benzene rings is 3. The number of nitrogens with zero attached hydrogens (tertiary/aromatic N) is 1. The molecule has 0 radical (unpaired) electrons. The fraction of sp³-hybridized carbons (Fsp3) is 0.0870. The van der Waals surface area contributed by atoms with Crippen LogP contribution in [0, 0.1) is 13.8 Å². The lowest BCUT2D eigenvalue weighted by atomic mass is 10.0. The van der Waals surface area contributed by atoms with Crippen molar-refractivity contribution in [3.8, 4) is 11.3 Å². The number of pyridine rings is 1. The van der Waals surface area contributed by atoms with Crippen LogP contribution in [-0.4, -0.2) is 4.98 Å². The first-order valence-corrected chi connectivity index (χ1v) is 9.29. The maximum Gasteiger partial charge on any atom is 0.0716 e. The Morgan fingerprint density at radius 3 is 2.28 bits per heavy atom. The summed E-state index contributed by atoms with van der Waals surface area (Å²) in [5.41, 5.74) is 4.79.